The molecule has 5 unspecified atom stereocenters. The van der Waals surface area contributed by atoms with E-state index in [1.54, 1.807) is 0 Å². The first-order valence-electron chi connectivity index (χ1n) is 7.26. The van der Waals surface area contributed by atoms with Gasteiger partial charge in [-0.1, -0.05) is 52.6 Å². The Labute approximate surface area is 133 Å². The number of carbonyl (C=O) groups is 1. The first kappa shape index (κ1) is 16.0. The zero-order valence-corrected chi connectivity index (χ0v) is 15.2. The highest BCUT2D eigenvalue weighted by Gasteiger charge is 2.51. The van der Waals surface area contributed by atoms with Gasteiger partial charge in [-0.25, -0.2) is 0 Å². The summed E-state index contributed by atoms with van der Waals surface area (Å²) in [5.74, 6) is 1.87. The number of rotatable bonds is 5. The second-order valence-corrected chi connectivity index (χ2v) is 7.96. The normalized spacial score (nSPS) is 38.5. The molecule has 2 heterocycles. The molecule has 2 nitrogen and oxygen atoms in total. The lowest BCUT2D eigenvalue weighted by Gasteiger charge is -2.51. The van der Waals surface area contributed by atoms with Gasteiger partial charge in [0.05, 0.1) is 6.10 Å². The van der Waals surface area contributed by atoms with Crippen molar-refractivity contribution in [3.63, 3.8) is 0 Å². The van der Waals surface area contributed by atoms with Crippen molar-refractivity contribution in [1.29, 1.82) is 0 Å². The molecular formula is C15H24Br2O2. The van der Waals surface area contributed by atoms with Gasteiger partial charge >= 0.3 is 0 Å². The third-order valence-electron chi connectivity index (χ3n) is 5.16. The lowest BCUT2D eigenvalue weighted by Crippen LogP contribution is -2.56. The van der Waals surface area contributed by atoms with E-state index in [1.807, 2.05) is 13.8 Å². The minimum absolute atomic E-state index is 0.174. The molecule has 3 rings (SSSR count). The molecule has 0 aromatic heterocycles. The molecule has 110 valence electrons. The average Bonchev–Trinajstić information content (AvgIpc) is 2.45. The van der Waals surface area contributed by atoms with Crippen LogP contribution in [0.15, 0.2) is 0 Å². The quantitative estimate of drug-likeness (QED) is 0.652. The molecule has 0 aromatic carbocycles. The van der Waals surface area contributed by atoms with Crippen LogP contribution in [-0.4, -0.2) is 28.7 Å². The molecule has 1 aliphatic carbocycles. The lowest BCUT2D eigenvalue weighted by atomic mass is 9.65. The summed E-state index contributed by atoms with van der Waals surface area (Å²) < 4.78 is 6.17. The van der Waals surface area contributed by atoms with Crippen LogP contribution < -0.4 is 0 Å². The van der Waals surface area contributed by atoms with Crippen molar-refractivity contribution in [2.24, 2.45) is 23.2 Å². The molecule has 19 heavy (non-hydrogen) atoms. The van der Waals surface area contributed by atoms with E-state index >= 15 is 0 Å². The summed E-state index contributed by atoms with van der Waals surface area (Å²) in [6.45, 7) is 6.18. The van der Waals surface area contributed by atoms with Crippen LogP contribution in [0.3, 0.4) is 0 Å². The Hall–Kier alpha value is 0.590. The maximum absolute atomic E-state index is 12.7. The van der Waals surface area contributed by atoms with Crippen molar-refractivity contribution < 1.29 is 9.53 Å². The summed E-state index contributed by atoms with van der Waals surface area (Å²) in [6, 6.07) is 0. The fourth-order valence-corrected chi connectivity index (χ4v) is 4.77. The van der Waals surface area contributed by atoms with E-state index in [9.17, 15) is 4.79 Å². The summed E-state index contributed by atoms with van der Waals surface area (Å²) >= 11 is 7.21. The number of carbonyl (C=O) groups excluding carboxylic acids is 1. The standard InChI is InChI=1S/C15H24Br2O2/c1-4-15(2,3)14(18)13-11-5-10(8-17)12(19-13)6-9(11)7-16/h9-13H,4-8H2,1-3H3. The van der Waals surface area contributed by atoms with E-state index in [-0.39, 0.29) is 17.6 Å². The number of alkyl halides is 2. The number of halogens is 2. The maximum atomic E-state index is 12.7. The Balaban J connectivity index is 2.18. The van der Waals surface area contributed by atoms with Gasteiger partial charge in [-0.3, -0.25) is 4.79 Å². The number of hydrogen-bond acceptors (Lipinski definition) is 2. The van der Waals surface area contributed by atoms with Crippen LogP contribution in [0.1, 0.15) is 40.0 Å². The fraction of sp³-hybridized carbons (Fsp3) is 0.933. The van der Waals surface area contributed by atoms with Crippen LogP contribution in [0.4, 0.5) is 0 Å². The van der Waals surface area contributed by atoms with Crippen LogP contribution in [0.25, 0.3) is 0 Å². The maximum Gasteiger partial charge on any atom is 0.167 e. The summed E-state index contributed by atoms with van der Waals surface area (Å²) in [7, 11) is 0. The molecule has 5 atom stereocenters. The van der Waals surface area contributed by atoms with Gasteiger partial charge in [-0.2, -0.15) is 0 Å². The van der Waals surface area contributed by atoms with Crippen molar-refractivity contribution in [2.75, 3.05) is 10.7 Å². The van der Waals surface area contributed by atoms with Crippen LogP contribution in [-0.2, 0) is 9.53 Å². The molecule has 0 amide bonds. The van der Waals surface area contributed by atoms with E-state index in [0.717, 1.165) is 29.9 Å². The molecule has 2 saturated heterocycles. The lowest BCUT2D eigenvalue weighted by molar-refractivity contribution is -0.187. The Morgan fingerprint density at radius 2 is 1.84 bits per heavy atom. The number of fused-ring (bicyclic) bond motifs is 3. The molecule has 4 heteroatoms. The van der Waals surface area contributed by atoms with Gasteiger partial charge in [-0.15, -0.1) is 0 Å². The summed E-state index contributed by atoms with van der Waals surface area (Å²) in [4.78, 5) is 12.7. The Morgan fingerprint density at radius 3 is 2.32 bits per heavy atom. The van der Waals surface area contributed by atoms with Gasteiger partial charge in [0.2, 0.25) is 0 Å². The predicted octanol–water partition coefficient (Wildman–Crippen LogP) is 4.19. The van der Waals surface area contributed by atoms with Crippen molar-refractivity contribution in [1.82, 2.24) is 0 Å². The van der Waals surface area contributed by atoms with Gasteiger partial charge in [0.1, 0.15) is 6.10 Å². The van der Waals surface area contributed by atoms with Crippen molar-refractivity contribution in [2.45, 2.75) is 52.2 Å². The molecule has 0 radical (unpaired) electrons. The zero-order chi connectivity index (χ0) is 14.2. The van der Waals surface area contributed by atoms with Crippen molar-refractivity contribution in [3.05, 3.63) is 0 Å². The van der Waals surface area contributed by atoms with Gasteiger partial charge in [0.15, 0.2) is 5.78 Å². The largest absolute Gasteiger partial charge is 0.367 e. The number of hydrogen-bond donors (Lipinski definition) is 0. The summed E-state index contributed by atoms with van der Waals surface area (Å²) in [6.07, 6.45) is 3.19. The third-order valence-corrected chi connectivity index (χ3v) is 6.82. The van der Waals surface area contributed by atoms with E-state index in [4.69, 9.17) is 4.74 Å². The number of ether oxygens (including phenoxy) is 1. The highest BCUT2D eigenvalue weighted by atomic mass is 79.9. The highest BCUT2D eigenvalue weighted by molar-refractivity contribution is 9.09. The molecule has 3 aliphatic rings. The topological polar surface area (TPSA) is 26.3 Å². The molecule has 2 aliphatic heterocycles. The minimum Gasteiger partial charge on any atom is -0.367 e. The van der Waals surface area contributed by atoms with E-state index < -0.39 is 0 Å². The number of ketones is 1. The van der Waals surface area contributed by atoms with Crippen LogP contribution in [0.5, 0.6) is 0 Å². The molecule has 3 fully saturated rings. The van der Waals surface area contributed by atoms with Crippen LogP contribution >= 0.6 is 31.9 Å². The Morgan fingerprint density at radius 1 is 1.21 bits per heavy atom. The van der Waals surface area contributed by atoms with Gasteiger partial charge in [0, 0.05) is 16.1 Å². The molecule has 0 spiro atoms. The van der Waals surface area contributed by atoms with Gasteiger partial charge in [-0.05, 0) is 37.0 Å². The monoisotopic (exact) mass is 394 g/mol. The van der Waals surface area contributed by atoms with Crippen LogP contribution in [0, 0.1) is 23.2 Å². The summed E-state index contributed by atoms with van der Waals surface area (Å²) in [5.41, 5.74) is -0.261. The van der Waals surface area contributed by atoms with E-state index in [1.165, 1.54) is 0 Å². The van der Waals surface area contributed by atoms with Gasteiger partial charge < -0.3 is 4.74 Å². The predicted molar refractivity (Wildman–Crippen MR) is 85.0 cm³/mol. The van der Waals surface area contributed by atoms with Crippen molar-refractivity contribution in [3.8, 4) is 0 Å². The first-order valence-corrected chi connectivity index (χ1v) is 9.50. The van der Waals surface area contributed by atoms with E-state index in [0.29, 0.717) is 23.5 Å². The Kier molecular flexibility index (Phi) is 5.17. The second-order valence-electron chi connectivity index (χ2n) is 6.66. The zero-order valence-electron chi connectivity index (χ0n) is 12.0. The molecule has 2 bridgehead atoms. The first-order chi connectivity index (χ1) is 8.94. The van der Waals surface area contributed by atoms with Crippen molar-refractivity contribution >= 4 is 37.6 Å². The molecule has 0 aromatic rings. The van der Waals surface area contributed by atoms with Gasteiger partial charge in [0.25, 0.3) is 0 Å². The highest BCUT2D eigenvalue weighted by Crippen LogP contribution is 2.47. The third kappa shape index (κ3) is 2.96. The minimum atomic E-state index is -0.261. The van der Waals surface area contributed by atoms with E-state index in [2.05, 4.69) is 38.8 Å². The molecule has 0 N–H and O–H groups in total. The fourth-order valence-electron chi connectivity index (χ4n) is 3.34. The molecule has 1 saturated carbocycles. The second kappa shape index (κ2) is 6.15. The smallest absolute Gasteiger partial charge is 0.167 e. The SMILES string of the molecule is CCC(C)(C)C(=O)C1OC2CC(CBr)C1CC2CBr. The summed E-state index contributed by atoms with van der Waals surface area (Å²) in [5, 5.41) is 1.98. The van der Waals surface area contributed by atoms with Crippen LogP contribution in [0.2, 0.25) is 0 Å². The Bertz CT molecular complexity index is 343. The average molecular weight is 396 g/mol. The molecular weight excluding hydrogens is 372 g/mol. The number of Topliss-reactive ketones (excluding diaryl/α,β-unsaturated/α-hetero) is 1.